The topological polar surface area (TPSA) is 72.9 Å². The van der Waals surface area contributed by atoms with E-state index in [0.29, 0.717) is 31.9 Å². The molecule has 0 aliphatic carbocycles. The highest BCUT2D eigenvalue weighted by molar-refractivity contribution is 5.78. The fourth-order valence-electron chi connectivity index (χ4n) is 5.77. The number of methoxy groups -OCH3 is 1. The molecule has 0 radical (unpaired) electrons. The average Bonchev–Trinajstić information content (AvgIpc) is 3.62. The van der Waals surface area contributed by atoms with Crippen molar-refractivity contribution >= 4 is 11.8 Å². The van der Waals surface area contributed by atoms with Crippen LogP contribution in [0.25, 0.3) is 0 Å². The first kappa shape index (κ1) is 26.1. The summed E-state index contributed by atoms with van der Waals surface area (Å²) in [5.41, 5.74) is 3.96. The standard InChI is InChI=1S/C29H38FN3O4/c1-35-29(34)27(25-18-21(30)10-12-24(25)26-8-5-17-37-26)33-15-13-23(19-33)36-16-3-2-7-22-11-9-20-6-4-14-31-28(20)32-22/h9-12,18,23,26-27H,2-8,13-17,19H2,1H3,(H,31,32). The highest BCUT2D eigenvalue weighted by Crippen LogP contribution is 2.37. The Labute approximate surface area is 218 Å². The number of aryl methyl sites for hydroxylation is 2. The Bertz CT molecular complexity index is 1080. The van der Waals surface area contributed by atoms with Gasteiger partial charge in [0.15, 0.2) is 0 Å². The average molecular weight is 512 g/mol. The van der Waals surface area contributed by atoms with Gasteiger partial charge >= 0.3 is 5.97 Å². The summed E-state index contributed by atoms with van der Waals surface area (Å²) in [6.07, 6.45) is 7.77. The number of benzene rings is 1. The van der Waals surface area contributed by atoms with Crippen LogP contribution in [0.5, 0.6) is 0 Å². The number of carbonyl (C=O) groups excluding carboxylic acids is 1. The highest BCUT2D eigenvalue weighted by Gasteiger charge is 2.37. The number of carbonyl (C=O) groups is 1. The van der Waals surface area contributed by atoms with Crippen molar-refractivity contribution in [3.63, 3.8) is 0 Å². The van der Waals surface area contributed by atoms with Crippen molar-refractivity contribution < 1.29 is 23.4 Å². The third-order valence-electron chi connectivity index (χ3n) is 7.72. The van der Waals surface area contributed by atoms with Gasteiger partial charge in [-0.15, -0.1) is 0 Å². The lowest BCUT2D eigenvalue weighted by atomic mass is 9.94. The summed E-state index contributed by atoms with van der Waals surface area (Å²) >= 11 is 0. The normalized spacial score (nSPS) is 22.4. The van der Waals surface area contributed by atoms with Gasteiger partial charge in [0.2, 0.25) is 0 Å². The van der Waals surface area contributed by atoms with Crippen LogP contribution in [-0.2, 0) is 31.8 Å². The van der Waals surface area contributed by atoms with Crippen LogP contribution in [0.4, 0.5) is 10.2 Å². The van der Waals surface area contributed by atoms with Gasteiger partial charge in [-0.1, -0.05) is 12.1 Å². The van der Waals surface area contributed by atoms with Gasteiger partial charge in [0.1, 0.15) is 17.7 Å². The third-order valence-corrected chi connectivity index (χ3v) is 7.72. The van der Waals surface area contributed by atoms with E-state index in [1.54, 1.807) is 6.07 Å². The predicted octanol–water partition coefficient (Wildman–Crippen LogP) is 4.76. The molecule has 0 spiro atoms. The molecule has 37 heavy (non-hydrogen) atoms. The molecule has 0 bridgehead atoms. The van der Waals surface area contributed by atoms with Crippen molar-refractivity contribution in [1.82, 2.24) is 9.88 Å². The Morgan fingerprint density at radius 1 is 1.24 bits per heavy atom. The van der Waals surface area contributed by atoms with Gasteiger partial charge in [0, 0.05) is 38.5 Å². The zero-order valence-corrected chi connectivity index (χ0v) is 21.7. The lowest BCUT2D eigenvalue weighted by Crippen LogP contribution is -2.35. The van der Waals surface area contributed by atoms with E-state index in [0.717, 1.165) is 68.6 Å². The van der Waals surface area contributed by atoms with Crippen molar-refractivity contribution in [3.8, 4) is 0 Å². The number of esters is 1. The summed E-state index contributed by atoms with van der Waals surface area (Å²) in [6.45, 7) is 3.66. The second-order valence-electron chi connectivity index (χ2n) is 10.3. The second-order valence-corrected chi connectivity index (χ2v) is 10.3. The zero-order chi connectivity index (χ0) is 25.6. The molecule has 1 N–H and O–H groups in total. The quantitative estimate of drug-likeness (QED) is 0.364. The smallest absolute Gasteiger partial charge is 0.327 e. The molecule has 1 aromatic heterocycles. The number of halogens is 1. The van der Waals surface area contributed by atoms with Crippen LogP contribution in [0.3, 0.4) is 0 Å². The van der Waals surface area contributed by atoms with Gasteiger partial charge < -0.3 is 19.5 Å². The number of likely N-dealkylation sites (tertiary alicyclic amines) is 1. The lowest BCUT2D eigenvalue weighted by molar-refractivity contribution is -0.147. The first-order valence-corrected chi connectivity index (χ1v) is 13.7. The molecule has 5 rings (SSSR count). The van der Waals surface area contributed by atoms with Gasteiger partial charge in [-0.2, -0.15) is 0 Å². The van der Waals surface area contributed by atoms with Crippen LogP contribution in [0.1, 0.15) is 73.1 Å². The van der Waals surface area contributed by atoms with E-state index in [2.05, 4.69) is 22.3 Å². The number of nitrogens with one attached hydrogen (secondary N) is 1. The monoisotopic (exact) mass is 511 g/mol. The Morgan fingerprint density at radius 2 is 2.16 bits per heavy atom. The molecule has 0 saturated carbocycles. The number of hydrogen-bond donors (Lipinski definition) is 1. The van der Waals surface area contributed by atoms with E-state index in [9.17, 15) is 9.18 Å². The number of nitrogens with zero attached hydrogens (tertiary/aromatic N) is 2. The van der Waals surface area contributed by atoms with Crippen LogP contribution in [0.15, 0.2) is 30.3 Å². The molecule has 3 aliphatic heterocycles. The van der Waals surface area contributed by atoms with Crippen LogP contribution < -0.4 is 5.32 Å². The number of fused-ring (bicyclic) bond motifs is 1. The molecule has 2 fully saturated rings. The minimum atomic E-state index is -0.669. The summed E-state index contributed by atoms with van der Waals surface area (Å²) in [6, 6.07) is 8.35. The van der Waals surface area contributed by atoms with Gasteiger partial charge in [0.25, 0.3) is 0 Å². The van der Waals surface area contributed by atoms with E-state index in [4.69, 9.17) is 19.2 Å². The molecule has 2 saturated heterocycles. The van der Waals surface area contributed by atoms with Gasteiger partial charge in [-0.05, 0) is 86.3 Å². The van der Waals surface area contributed by atoms with Crippen molar-refractivity contribution in [2.75, 3.05) is 45.3 Å². The van der Waals surface area contributed by atoms with Gasteiger partial charge in [0.05, 0.1) is 19.3 Å². The summed E-state index contributed by atoms with van der Waals surface area (Å²) in [7, 11) is 1.39. The molecule has 4 heterocycles. The van der Waals surface area contributed by atoms with Crippen LogP contribution in [0, 0.1) is 5.82 Å². The molecule has 0 amide bonds. The fourth-order valence-corrected chi connectivity index (χ4v) is 5.77. The third kappa shape index (κ3) is 6.30. The molecule has 3 atom stereocenters. The summed E-state index contributed by atoms with van der Waals surface area (Å²) in [5, 5.41) is 3.40. The molecule has 3 aliphatic rings. The number of ether oxygens (including phenoxy) is 3. The van der Waals surface area contributed by atoms with Gasteiger partial charge in [-0.25, -0.2) is 14.2 Å². The minimum Gasteiger partial charge on any atom is -0.468 e. The van der Waals surface area contributed by atoms with Crippen LogP contribution in [0.2, 0.25) is 0 Å². The predicted molar refractivity (Wildman–Crippen MR) is 139 cm³/mol. The highest BCUT2D eigenvalue weighted by atomic mass is 19.1. The maximum Gasteiger partial charge on any atom is 0.327 e. The van der Waals surface area contributed by atoms with Gasteiger partial charge in [-0.3, -0.25) is 4.90 Å². The number of aromatic nitrogens is 1. The number of unbranched alkanes of at least 4 members (excludes halogenated alkanes) is 1. The maximum absolute atomic E-state index is 14.3. The fraction of sp³-hybridized carbons (Fsp3) is 0.586. The van der Waals surface area contributed by atoms with Crippen molar-refractivity contribution in [3.05, 3.63) is 58.5 Å². The van der Waals surface area contributed by atoms with Crippen molar-refractivity contribution in [1.29, 1.82) is 0 Å². The molecular formula is C29H38FN3O4. The minimum absolute atomic E-state index is 0.0398. The number of rotatable bonds is 10. The maximum atomic E-state index is 14.3. The zero-order valence-electron chi connectivity index (χ0n) is 21.7. The lowest BCUT2D eigenvalue weighted by Gasteiger charge is -2.29. The number of pyridine rings is 1. The van der Waals surface area contributed by atoms with Crippen LogP contribution in [-0.4, -0.2) is 61.9 Å². The first-order chi connectivity index (χ1) is 18.1. The Kier molecular flexibility index (Phi) is 8.69. The summed E-state index contributed by atoms with van der Waals surface area (Å²) in [5.74, 6) is 0.312. The molecule has 8 heteroatoms. The Balaban J connectivity index is 1.14. The molecule has 200 valence electrons. The second kappa shape index (κ2) is 12.3. The first-order valence-electron chi connectivity index (χ1n) is 13.7. The van der Waals surface area contributed by atoms with Crippen molar-refractivity contribution in [2.45, 2.75) is 69.6 Å². The van der Waals surface area contributed by atoms with Crippen LogP contribution >= 0.6 is 0 Å². The van der Waals surface area contributed by atoms with E-state index < -0.39 is 6.04 Å². The Hall–Kier alpha value is -2.55. The van der Waals surface area contributed by atoms with E-state index in [-0.39, 0.29) is 24.0 Å². The Morgan fingerprint density at radius 3 is 3.00 bits per heavy atom. The number of hydrogen-bond acceptors (Lipinski definition) is 7. The van der Waals surface area contributed by atoms with E-state index in [1.165, 1.54) is 31.2 Å². The van der Waals surface area contributed by atoms with Crippen molar-refractivity contribution in [2.24, 2.45) is 0 Å². The molecular weight excluding hydrogens is 473 g/mol. The van der Waals surface area contributed by atoms with E-state index in [1.807, 2.05) is 0 Å². The van der Waals surface area contributed by atoms with E-state index >= 15 is 0 Å². The SMILES string of the molecule is COC(=O)C(c1cc(F)ccc1C1CCCO1)N1CCC(OCCCCc2ccc3c(n2)NCCC3)C1. The molecule has 1 aromatic carbocycles. The number of anilines is 1. The molecule has 7 nitrogen and oxygen atoms in total. The summed E-state index contributed by atoms with van der Waals surface area (Å²) < 4.78 is 31.6. The summed E-state index contributed by atoms with van der Waals surface area (Å²) in [4.78, 5) is 19.8. The molecule has 3 unspecified atom stereocenters. The largest absolute Gasteiger partial charge is 0.468 e. The molecule has 2 aromatic rings.